The Kier molecular flexibility index (Phi) is 5.19. The largest absolute Gasteiger partial charge is 0.463 e. The molecule has 2 atom stereocenters. The lowest BCUT2D eigenvalue weighted by atomic mass is 10.1. The van der Waals surface area contributed by atoms with Gasteiger partial charge in [0.05, 0.1) is 31.4 Å². The second kappa shape index (κ2) is 6.91. The topological polar surface area (TPSA) is 79.9 Å². The molecule has 0 unspecified atom stereocenters. The molecule has 7 heteroatoms. The van der Waals surface area contributed by atoms with Crippen LogP contribution < -0.4 is 10.6 Å². The Morgan fingerprint density at radius 2 is 2.24 bits per heavy atom. The molecule has 2 rings (SSSR count). The molecule has 0 aromatic carbocycles. The van der Waals surface area contributed by atoms with Crippen molar-refractivity contribution >= 4 is 12.0 Å². The fourth-order valence-corrected chi connectivity index (χ4v) is 2.48. The van der Waals surface area contributed by atoms with Gasteiger partial charge < -0.3 is 20.1 Å². The van der Waals surface area contributed by atoms with Crippen molar-refractivity contribution in [3.63, 3.8) is 0 Å². The molecule has 0 aliphatic carbocycles. The van der Waals surface area contributed by atoms with Crippen LogP contribution >= 0.6 is 0 Å². The lowest BCUT2D eigenvalue weighted by Crippen LogP contribution is -2.52. The van der Waals surface area contributed by atoms with Crippen LogP contribution in [0.2, 0.25) is 0 Å². The van der Waals surface area contributed by atoms with Gasteiger partial charge in [-0.25, -0.2) is 9.59 Å². The molecule has 2 aliphatic heterocycles. The monoisotopic (exact) mass is 297 g/mol. The molecule has 1 saturated heterocycles. The summed E-state index contributed by atoms with van der Waals surface area (Å²) in [4.78, 5) is 25.7. The minimum absolute atomic E-state index is 0.144. The molecule has 7 nitrogen and oxygen atoms in total. The third kappa shape index (κ3) is 3.95. The zero-order valence-corrected chi connectivity index (χ0v) is 12.8. The zero-order valence-electron chi connectivity index (χ0n) is 12.8. The molecule has 2 amide bonds. The summed E-state index contributed by atoms with van der Waals surface area (Å²) < 4.78 is 10.6. The maximum Gasteiger partial charge on any atom is 0.337 e. The maximum absolute atomic E-state index is 12.0. The second-order valence-electron chi connectivity index (χ2n) is 5.41. The Hall–Kier alpha value is -1.60. The van der Waals surface area contributed by atoms with Gasteiger partial charge in [-0.1, -0.05) is 0 Å². The molecule has 2 N–H and O–H groups in total. The van der Waals surface area contributed by atoms with E-state index < -0.39 is 0 Å². The lowest BCUT2D eigenvalue weighted by molar-refractivity contribution is -0.138. The van der Waals surface area contributed by atoms with Gasteiger partial charge in [0.1, 0.15) is 0 Å². The predicted molar refractivity (Wildman–Crippen MR) is 76.6 cm³/mol. The van der Waals surface area contributed by atoms with Crippen LogP contribution in [0.4, 0.5) is 4.79 Å². The fourth-order valence-electron chi connectivity index (χ4n) is 2.48. The number of nitrogens with one attached hydrogen (secondary N) is 2. The van der Waals surface area contributed by atoms with E-state index in [9.17, 15) is 9.59 Å². The van der Waals surface area contributed by atoms with Gasteiger partial charge in [-0.15, -0.1) is 0 Å². The number of esters is 1. The van der Waals surface area contributed by atoms with Crippen molar-refractivity contribution in [2.75, 3.05) is 32.8 Å². The van der Waals surface area contributed by atoms with Crippen molar-refractivity contribution in [3.8, 4) is 0 Å². The van der Waals surface area contributed by atoms with Crippen molar-refractivity contribution in [1.82, 2.24) is 15.5 Å². The summed E-state index contributed by atoms with van der Waals surface area (Å²) >= 11 is 0. The van der Waals surface area contributed by atoms with E-state index in [0.29, 0.717) is 31.0 Å². The van der Waals surface area contributed by atoms with Crippen molar-refractivity contribution < 1.29 is 19.1 Å². The van der Waals surface area contributed by atoms with Crippen LogP contribution in [0.15, 0.2) is 11.3 Å². The van der Waals surface area contributed by atoms with E-state index in [0.717, 1.165) is 6.54 Å². The summed E-state index contributed by atoms with van der Waals surface area (Å²) in [6, 6.07) is -0.0454. The van der Waals surface area contributed by atoms with Gasteiger partial charge in [0.15, 0.2) is 0 Å². The SMILES string of the molecule is CCOC(=O)C1=C(CN2C[C@H](C)OC[C@@H]2C)NC(=O)NC1. The molecule has 0 spiro atoms. The molecular formula is C14H23N3O4. The van der Waals surface area contributed by atoms with Gasteiger partial charge in [-0.3, -0.25) is 4.90 Å². The standard InChI is InChI=1S/C14H23N3O4/c1-4-20-13(18)11-5-15-14(19)16-12(11)7-17-6-10(3)21-8-9(17)2/h9-10H,4-8H2,1-3H3,(H2,15,16,19)/t9-,10-/m0/s1. The van der Waals surface area contributed by atoms with Crippen LogP contribution in [0.25, 0.3) is 0 Å². The third-order valence-corrected chi connectivity index (χ3v) is 3.67. The maximum atomic E-state index is 12.0. The number of hydrogen-bond acceptors (Lipinski definition) is 5. The van der Waals surface area contributed by atoms with Gasteiger partial charge in [0.25, 0.3) is 0 Å². The molecule has 2 aliphatic rings. The third-order valence-electron chi connectivity index (χ3n) is 3.67. The Balaban J connectivity index is 2.15. The molecule has 1 fully saturated rings. The minimum Gasteiger partial charge on any atom is -0.463 e. The van der Waals surface area contributed by atoms with Gasteiger partial charge in [0.2, 0.25) is 0 Å². The van der Waals surface area contributed by atoms with Crippen molar-refractivity contribution in [1.29, 1.82) is 0 Å². The van der Waals surface area contributed by atoms with Crippen LogP contribution in [0.5, 0.6) is 0 Å². The van der Waals surface area contributed by atoms with Gasteiger partial charge in [-0.2, -0.15) is 0 Å². The number of nitrogens with zero attached hydrogens (tertiary/aromatic N) is 1. The highest BCUT2D eigenvalue weighted by molar-refractivity contribution is 5.93. The minimum atomic E-state index is -0.381. The number of rotatable bonds is 4. The average Bonchev–Trinajstić information content (AvgIpc) is 2.43. The van der Waals surface area contributed by atoms with E-state index >= 15 is 0 Å². The summed E-state index contributed by atoms with van der Waals surface area (Å²) in [5, 5.41) is 5.34. The quantitative estimate of drug-likeness (QED) is 0.726. The van der Waals surface area contributed by atoms with Gasteiger partial charge >= 0.3 is 12.0 Å². The van der Waals surface area contributed by atoms with E-state index in [2.05, 4.69) is 22.5 Å². The van der Waals surface area contributed by atoms with E-state index in [1.54, 1.807) is 6.92 Å². The van der Waals surface area contributed by atoms with E-state index in [1.165, 1.54) is 0 Å². The Morgan fingerprint density at radius 1 is 1.48 bits per heavy atom. The first-order chi connectivity index (χ1) is 10.0. The van der Waals surface area contributed by atoms with Crippen LogP contribution in [0.1, 0.15) is 20.8 Å². The number of hydrogen-bond donors (Lipinski definition) is 2. The summed E-state index contributed by atoms with van der Waals surface area (Å²) in [6.45, 7) is 8.29. The Morgan fingerprint density at radius 3 is 2.95 bits per heavy atom. The molecular weight excluding hydrogens is 274 g/mol. The second-order valence-corrected chi connectivity index (χ2v) is 5.41. The fraction of sp³-hybridized carbons (Fsp3) is 0.714. The number of carbonyl (C=O) groups excluding carboxylic acids is 2. The summed E-state index contributed by atoms with van der Waals surface area (Å²) in [5.41, 5.74) is 1.11. The normalized spacial score (nSPS) is 27.1. The smallest absolute Gasteiger partial charge is 0.337 e. The van der Waals surface area contributed by atoms with Crippen LogP contribution in [-0.4, -0.2) is 61.9 Å². The van der Waals surface area contributed by atoms with Crippen LogP contribution in [-0.2, 0) is 14.3 Å². The molecule has 2 heterocycles. The lowest BCUT2D eigenvalue weighted by Gasteiger charge is -2.38. The molecule has 0 saturated carbocycles. The summed E-state index contributed by atoms with van der Waals surface area (Å²) in [6.07, 6.45) is 0.144. The first-order valence-electron chi connectivity index (χ1n) is 7.31. The van der Waals surface area contributed by atoms with E-state index in [-0.39, 0.29) is 30.7 Å². The van der Waals surface area contributed by atoms with Gasteiger partial charge in [0, 0.05) is 24.8 Å². The molecule has 0 radical (unpaired) electrons. The van der Waals surface area contributed by atoms with Crippen LogP contribution in [0, 0.1) is 0 Å². The number of urea groups is 1. The number of amides is 2. The molecule has 21 heavy (non-hydrogen) atoms. The Labute approximate surface area is 124 Å². The van der Waals surface area contributed by atoms with E-state index in [1.807, 2.05) is 6.92 Å². The highest BCUT2D eigenvalue weighted by Crippen LogP contribution is 2.16. The summed E-state index contributed by atoms with van der Waals surface area (Å²) in [7, 11) is 0. The molecule has 0 bridgehead atoms. The first-order valence-corrected chi connectivity index (χ1v) is 7.31. The highest BCUT2D eigenvalue weighted by atomic mass is 16.5. The first kappa shape index (κ1) is 15.8. The van der Waals surface area contributed by atoms with E-state index in [4.69, 9.17) is 9.47 Å². The predicted octanol–water partition coefficient (Wildman–Crippen LogP) is 0.226. The van der Waals surface area contributed by atoms with Crippen molar-refractivity contribution in [3.05, 3.63) is 11.3 Å². The number of ether oxygens (including phenoxy) is 2. The number of morpholine rings is 1. The van der Waals surface area contributed by atoms with Crippen molar-refractivity contribution in [2.24, 2.45) is 0 Å². The summed E-state index contributed by atoms with van der Waals surface area (Å²) in [5.74, 6) is -0.381. The molecule has 0 aromatic rings. The highest BCUT2D eigenvalue weighted by Gasteiger charge is 2.29. The molecule has 118 valence electrons. The average molecular weight is 297 g/mol. The zero-order chi connectivity index (χ0) is 15.4. The Bertz CT molecular complexity index is 450. The van der Waals surface area contributed by atoms with Crippen molar-refractivity contribution in [2.45, 2.75) is 32.9 Å². The van der Waals surface area contributed by atoms with Gasteiger partial charge in [-0.05, 0) is 20.8 Å². The molecule has 0 aromatic heterocycles. The van der Waals surface area contributed by atoms with Crippen LogP contribution in [0.3, 0.4) is 0 Å². The number of carbonyl (C=O) groups is 2.